The molecule has 0 aromatic rings. The van der Waals surface area contributed by atoms with E-state index in [9.17, 15) is 9.90 Å². The lowest BCUT2D eigenvalue weighted by Gasteiger charge is -2.33. The van der Waals surface area contributed by atoms with Crippen LogP contribution in [0.3, 0.4) is 0 Å². The van der Waals surface area contributed by atoms with Crippen molar-refractivity contribution in [2.24, 2.45) is 11.1 Å². The predicted molar refractivity (Wildman–Crippen MR) is 73.6 cm³/mol. The highest BCUT2D eigenvalue weighted by molar-refractivity contribution is 5.85. The lowest BCUT2D eigenvalue weighted by Crippen LogP contribution is -2.52. The fourth-order valence-electron chi connectivity index (χ4n) is 3.18. The van der Waals surface area contributed by atoms with Crippen molar-refractivity contribution in [1.82, 2.24) is 5.32 Å². The molecule has 2 aliphatic carbocycles. The van der Waals surface area contributed by atoms with E-state index in [-0.39, 0.29) is 35.9 Å². The van der Waals surface area contributed by atoms with Gasteiger partial charge in [0.05, 0.1) is 17.6 Å². The fraction of sp³-hybridized carbons (Fsp3) is 0.923. The molecule has 2 atom stereocenters. The molecule has 0 heterocycles. The maximum absolute atomic E-state index is 12.3. The molecule has 18 heavy (non-hydrogen) atoms. The summed E-state index contributed by atoms with van der Waals surface area (Å²) in [7, 11) is 0. The first kappa shape index (κ1) is 15.7. The second-order valence-electron chi connectivity index (χ2n) is 5.62. The lowest BCUT2D eigenvalue weighted by molar-refractivity contribution is -0.132. The van der Waals surface area contributed by atoms with Crippen molar-refractivity contribution < 1.29 is 9.90 Å². The molecule has 5 heteroatoms. The summed E-state index contributed by atoms with van der Waals surface area (Å²) < 4.78 is 0. The van der Waals surface area contributed by atoms with Gasteiger partial charge < -0.3 is 16.2 Å². The van der Waals surface area contributed by atoms with Crippen LogP contribution in [0, 0.1) is 5.41 Å². The molecule has 4 nitrogen and oxygen atoms in total. The average Bonchev–Trinajstić information content (AvgIpc) is 2.82. The minimum Gasteiger partial charge on any atom is -0.391 e. The van der Waals surface area contributed by atoms with Crippen LogP contribution in [0.1, 0.15) is 51.4 Å². The number of nitrogens with two attached hydrogens (primary N) is 1. The summed E-state index contributed by atoms with van der Waals surface area (Å²) in [4.78, 5) is 12.3. The van der Waals surface area contributed by atoms with Gasteiger partial charge in [-0.2, -0.15) is 0 Å². The molecule has 106 valence electrons. The molecular weight excluding hydrogens is 252 g/mol. The number of nitrogens with one attached hydrogen (secondary N) is 1. The highest BCUT2D eigenvalue weighted by Gasteiger charge is 2.41. The van der Waals surface area contributed by atoms with Crippen LogP contribution in [0.25, 0.3) is 0 Å². The van der Waals surface area contributed by atoms with Crippen LogP contribution in [0.15, 0.2) is 0 Å². The Kier molecular flexibility index (Phi) is 5.89. The largest absolute Gasteiger partial charge is 0.391 e. The molecular formula is C13H25ClN2O2. The van der Waals surface area contributed by atoms with E-state index in [1.807, 2.05) is 0 Å². The topological polar surface area (TPSA) is 75.4 Å². The van der Waals surface area contributed by atoms with Crippen molar-refractivity contribution in [2.75, 3.05) is 6.54 Å². The molecule has 4 N–H and O–H groups in total. The van der Waals surface area contributed by atoms with Crippen LogP contribution in [-0.2, 0) is 4.79 Å². The van der Waals surface area contributed by atoms with Gasteiger partial charge in [-0.15, -0.1) is 12.4 Å². The molecule has 0 saturated heterocycles. The summed E-state index contributed by atoms with van der Waals surface area (Å²) >= 11 is 0. The minimum absolute atomic E-state index is 0. The number of hydrogen-bond acceptors (Lipinski definition) is 3. The molecule has 0 aromatic carbocycles. The lowest BCUT2D eigenvalue weighted by atomic mass is 9.84. The monoisotopic (exact) mass is 276 g/mol. The SMILES string of the molecule is Cl.NCC1(C(=O)N[C@H]2CCCC[C@@H]2O)CCCC1. The van der Waals surface area contributed by atoms with E-state index in [1.54, 1.807) is 0 Å². The summed E-state index contributed by atoms with van der Waals surface area (Å²) in [6, 6.07) is -0.0553. The molecule has 0 aliphatic heterocycles. The van der Waals surface area contributed by atoms with E-state index in [0.717, 1.165) is 51.4 Å². The van der Waals surface area contributed by atoms with Gasteiger partial charge in [0.1, 0.15) is 0 Å². The van der Waals surface area contributed by atoms with E-state index in [2.05, 4.69) is 5.32 Å². The second-order valence-corrected chi connectivity index (χ2v) is 5.62. The maximum Gasteiger partial charge on any atom is 0.227 e. The zero-order valence-corrected chi connectivity index (χ0v) is 11.7. The highest BCUT2D eigenvalue weighted by atomic mass is 35.5. The number of aliphatic hydroxyl groups excluding tert-OH is 1. The molecule has 0 radical (unpaired) electrons. The molecule has 1 amide bonds. The van der Waals surface area contributed by atoms with Crippen LogP contribution >= 0.6 is 12.4 Å². The van der Waals surface area contributed by atoms with Crippen molar-refractivity contribution in [1.29, 1.82) is 0 Å². The second kappa shape index (κ2) is 6.73. The van der Waals surface area contributed by atoms with Gasteiger partial charge in [0.25, 0.3) is 0 Å². The van der Waals surface area contributed by atoms with E-state index in [4.69, 9.17) is 5.73 Å². The van der Waals surface area contributed by atoms with Gasteiger partial charge >= 0.3 is 0 Å². The number of rotatable bonds is 3. The minimum atomic E-state index is -0.371. The Balaban J connectivity index is 0.00000162. The number of aliphatic hydroxyl groups is 1. The van der Waals surface area contributed by atoms with Gasteiger partial charge in [0, 0.05) is 6.54 Å². The Morgan fingerprint density at radius 1 is 1.22 bits per heavy atom. The average molecular weight is 277 g/mol. The van der Waals surface area contributed by atoms with Crippen molar-refractivity contribution in [3.05, 3.63) is 0 Å². The van der Waals surface area contributed by atoms with Gasteiger partial charge in [0.15, 0.2) is 0 Å². The van der Waals surface area contributed by atoms with Crippen molar-refractivity contribution in [3.63, 3.8) is 0 Å². The van der Waals surface area contributed by atoms with Gasteiger partial charge in [0.2, 0.25) is 5.91 Å². The van der Waals surface area contributed by atoms with Crippen LogP contribution in [0.2, 0.25) is 0 Å². The predicted octanol–water partition coefficient (Wildman–Crippen LogP) is 1.35. The van der Waals surface area contributed by atoms with E-state index >= 15 is 0 Å². The van der Waals surface area contributed by atoms with Crippen LogP contribution < -0.4 is 11.1 Å². The van der Waals surface area contributed by atoms with Crippen molar-refractivity contribution >= 4 is 18.3 Å². The molecule has 0 bridgehead atoms. The van der Waals surface area contributed by atoms with Crippen LogP contribution in [-0.4, -0.2) is 29.7 Å². The normalized spacial score (nSPS) is 30.6. The Bertz CT molecular complexity index is 280. The third-order valence-corrected chi connectivity index (χ3v) is 4.48. The number of halogens is 1. The van der Waals surface area contributed by atoms with Crippen molar-refractivity contribution in [3.8, 4) is 0 Å². The number of hydrogen-bond donors (Lipinski definition) is 3. The summed E-state index contributed by atoms with van der Waals surface area (Å²) in [6.07, 6.45) is 7.48. The summed E-state index contributed by atoms with van der Waals surface area (Å²) in [5.74, 6) is 0.0726. The van der Waals surface area contributed by atoms with Gasteiger partial charge in [-0.3, -0.25) is 4.79 Å². The Morgan fingerprint density at radius 3 is 2.39 bits per heavy atom. The Labute approximate surface area is 115 Å². The molecule has 0 spiro atoms. The van der Waals surface area contributed by atoms with Crippen LogP contribution in [0.5, 0.6) is 0 Å². The summed E-state index contributed by atoms with van der Waals surface area (Å²) in [6.45, 7) is 0.432. The van der Waals surface area contributed by atoms with E-state index in [0.29, 0.717) is 6.54 Å². The first-order chi connectivity index (χ1) is 8.18. The maximum atomic E-state index is 12.3. The number of carbonyl (C=O) groups is 1. The smallest absolute Gasteiger partial charge is 0.227 e. The number of amides is 1. The molecule has 2 aliphatic rings. The molecule has 2 fully saturated rings. The summed E-state index contributed by atoms with van der Waals surface area (Å²) in [5.41, 5.74) is 5.44. The standard InChI is InChI=1S/C13H24N2O2.ClH/c14-9-13(7-3-4-8-13)12(17)15-10-5-1-2-6-11(10)16;/h10-11,16H,1-9,14H2,(H,15,17);1H/t10-,11-;/m0./s1. The Morgan fingerprint density at radius 2 is 1.83 bits per heavy atom. The molecule has 2 saturated carbocycles. The van der Waals surface area contributed by atoms with Gasteiger partial charge in [-0.1, -0.05) is 25.7 Å². The van der Waals surface area contributed by atoms with E-state index in [1.165, 1.54) is 0 Å². The van der Waals surface area contributed by atoms with Gasteiger partial charge in [-0.25, -0.2) is 0 Å². The first-order valence-electron chi connectivity index (χ1n) is 6.87. The zero-order valence-electron chi connectivity index (χ0n) is 10.9. The fourth-order valence-corrected chi connectivity index (χ4v) is 3.18. The highest BCUT2D eigenvalue weighted by Crippen LogP contribution is 2.37. The van der Waals surface area contributed by atoms with Crippen molar-refractivity contribution in [2.45, 2.75) is 63.5 Å². The zero-order chi connectivity index (χ0) is 12.3. The Hall–Kier alpha value is -0.320. The third kappa shape index (κ3) is 3.16. The third-order valence-electron chi connectivity index (χ3n) is 4.48. The molecule has 0 aromatic heterocycles. The van der Waals surface area contributed by atoms with E-state index < -0.39 is 0 Å². The molecule has 2 rings (SSSR count). The van der Waals surface area contributed by atoms with Crippen LogP contribution in [0.4, 0.5) is 0 Å². The molecule has 0 unspecified atom stereocenters. The number of carbonyl (C=O) groups excluding carboxylic acids is 1. The quantitative estimate of drug-likeness (QED) is 0.728. The van der Waals surface area contributed by atoms with Gasteiger partial charge in [-0.05, 0) is 25.7 Å². The first-order valence-corrected chi connectivity index (χ1v) is 6.87. The summed E-state index contributed by atoms with van der Waals surface area (Å²) in [5, 5.41) is 12.9.